The van der Waals surface area contributed by atoms with Crippen LogP contribution in [0.25, 0.3) is 11.3 Å². The zero-order valence-electron chi connectivity index (χ0n) is 14.1. The first-order chi connectivity index (χ1) is 11.6. The first-order valence-corrected chi connectivity index (χ1v) is 8.68. The maximum absolute atomic E-state index is 13.3. The summed E-state index contributed by atoms with van der Waals surface area (Å²) in [7, 11) is 1.89. The Balaban J connectivity index is 1.49. The van der Waals surface area contributed by atoms with Gasteiger partial charge in [0.05, 0.1) is 5.69 Å². The molecule has 128 valence electrons. The summed E-state index contributed by atoms with van der Waals surface area (Å²) in [6, 6.07) is 8.38. The molecule has 5 heteroatoms. The van der Waals surface area contributed by atoms with Gasteiger partial charge in [-0.2, -0.15) is 5.10 Å². The lowest BCUT2D eigenvalue weighted by Gasteiger charge is -2.20. The zero-order valence-corrected chi connectivity index (χ0v) is 14.1. The van der Waals surface area contributed by atoms with E-state index in [1.165, 1.54) is 25.0 Å². The fourth-order valence-electron chi connectivity index (χ4n) is 3.39. The van der Waals surface area contributed by atoms with Crippen LogP contribution in [-0.4, -0.2) is 34.6 Å². The van der Waals surface area contributed by atoms with Gasteiger partial charge in [0.1, 0.15) is 5.82 Å². The van der Waals surface area contributed by atoms with Gasteiger partial charge in [0, 0.05) is 30.8 Å². The van der Waals surface area contributed by atoms with E-state index in [0.717, 1.165) is 49.2 Å². The number of nitrogens with zero attached hydrogens (tertiary/aromatic N) is 2. The molecule has 1 aromatic carbocycles. The van der Waals surface area contributed by atoms with Crippen LogP contribution in [0, 0.1) is 11.7 Å². The first kappa shape index (κ1) is 16.7. The molecule has 0 radical (unpaired) electrons. The van der Waals surface area contributed by atoms with Gasteiger partial charge >= 0.3 is 0 Å². The molecule has 24 heavy (non-hydrogen) atoms. The normalized spacial score (nSPS) is 14.9. The molecule has 0 atom stereocenters. The summed E-state index contributed by atoms with van der Waals surface area (Å²) in [4.78, 5) is 14.1. The fraction of sp³-hybridized carbons (Fsp3) is 0.474. The Hall–Kier alpha value is -2.17. The van der Waals surface area contributed by atoms with E-state index in [0.29, 0.717) is 0 Å². The van der Waals surface area contributed by atoms with Gasteiger partial charge in [-0.05, 0) is 43.9 Å². The molecule has 1 aliphatic carbocycles. The Morgan fingerprint density at radius 3 is 2.88 bits per heavy atom. The van der Waals surface area contributed by atoms with E-state index >= 15 is 0 Å². The van der Waals surface area contributed by atoms with Crippen LogP contribution >= 0.6 is 0 Å². The predicted molar refractivity (Wildman–Crippen MR) is 91.9 cm³/mol. The second-order valence-electron chi connectivity index (χ2n) is 6.63. The van der Waals surface area contributed by atoms with E-state index in [9.17, 15) is 9.18 Å². The molecule has 1 amide bonds. The molecule has 1 heterocycles. The van der Waals surface area contributed by atoms with Crippen LogP contribution in [0.15, 0.2) is 30.3 Å². The number of aromatic nitrogens is 2. The number of halogens is 1. The Labute approximate surface area is 142 Å². The molecule has 1 fully saturated rings. The number of aromatic amines is 1. The monoisotopic (exact) mass is 329 g/mol. The third kappa shape index (κ3) is 4.02. The van der Waals surface area contributed by atoms with Crippen LogP contribution in [0.4, 0.5) is 4.39 Å². The molecule has 1 saturated carbocycles. The molecular formula is C19H24FN3O. The topological polar surface area (TPSA) is 49.0 Å². The molecule has 1 aliphatic rings. The van der Waals surface area contributed by atoms with E-state index in [-0.39, 0.29) is 17.6 Å². The van der Waals surface area contributed by atoms with E-state index < -0.39 is 0 Å². The van der Waals surface area contributed by atoms with Crippen LogP contribution in [0.1, 0.15) is 37.8 Å². The summed E-state index contributed by atoms with van der Waals surface area (Å²) in [5.41, 5.74) is 2.53. The van der Waals surface area contributed by atoms with Crippen molar-refractivity contribution in [1.82, 2.24) is 15.1 Å². The summed E-state index contributed by atoms with van der Waals surface area (Å²) in [5, 5.41) is 7.26. The number of amides is 1. The minimum atomic E-state index is -0.260. The number of hydrogen-bond acceptors (Lipinski definition) is 2. The Morgan fingerprint density at radius 1 is 1.33 bits per heavy atom. The third-order valence-electron chi connectivity index (χ3n) is 4.77. The smallest absolute Gasteiger partial charge is 0.225 e. The molecule has 0 saturated heterocycles. The number of aryl methyl sites for hydroxylation is 1. The molecule has 0 aliphatic heterocycles. The largest absolute Gasteiger partial charge is 0.346 e. The van der Waals surface area contributed by atoms with Crippen molar-refractivity contribution >= 4 is 5.91 Å². The lowest BCUT2D eigenvalue weighted by molar-refractivity contribution is -0.134. The number of hydrogen-bond donors (Lipinski definition) is 1. The lowest BCUT2D eigenvalue weighted by Crippen LogP contribution is -2.32. The molecule has 0 bridgehead atoms. The molecule has 0 spiro atoms. The van der Waals surface area contributed by atoms with Crippen molar-refractivity contribution in [2.45, 2.75) is 38.5 Å². The van der Waals surface area contributed by atoms with E-state index in [2.05, 4.69) is 10.2 Å². The number of carbonyl (C=O) groups excluding carboxylic acids is 1. The highest BCUT2D eigenvalue weighted by atomic mass is 19.1. The molecule has 0 unspecified atom stereocenters. The van der Waals surface area contributed by atoms with Gasteiger partial charge in [-0.25, -0.2) is 4.39 Å². The summed E-state index contributed by atoms with van der Waals surface area (Å²) in [5.74, 6) is 0.267. The highest BCUT2D eigenvalue weighted by Crippen LogP contribution is 2.26. The molecule has 2 aromatic rings. The highest BCUT2D eigenvalue weighted by molar-refractivity contribution is 5.78. The summed E-state index contributed by atoms with van der Waals surface area (Å²) >= 11 is 0. The SMILES string of the molecule is CN(CCCc1cc(-c2cccc(F)c2)n[nH]1)C(=O)C1CCCC1. The van der Waals surface area contributed by atoms with Gasteiger partial charge in [0.15, 0.2) is 0 Å². The number of benzene rings is 1. The molecule has 3 rings (SSSR count). The Morgan fingerprint density at radius 2 is 2.12 bits per heavy atom. The standard InChI is InChI=1S/C19H24FN3O/c1-23(19(24)14-6-2-3-7-14)11-5-10-17-13-18(22-21-17)15-8-4-9-16(20)12-15/h4,8-9,12-14H,2-3,5-7,10-11H2,1H3,(H,21,22). The second kappa shape index (κ2) is 7.60. The van der Waals surface area contributed by atoms with Gasteiger partial charge in [-0.1, -0.05) is 25.0 Å². The van der Waals surface area contributed by atoms with Crippen molar-refractivity contribution in [3.8, 4) is 11.3 Å². The average Bonchev–Trinajstić information content (AvgIpc) is 3.26. The summed E-state index contributed by atoms with van der Waals surface area (Å²) < 4.78 is 13.3. The van der Waals surface area contributed by atoms with E-state index in [1.54, 1.807) is 6.07 Å². The van der Waals surface area contributed by atoms with Crippen molar-refractivity contribution in [1.29, 1.82) is 0 Å². The maximum atomic E-state index is 13.3. The van der Waals surface area contributed by atoms with Gasteiger partial charge in [-0.15, -0.1) is 0 Å². The average molecular weight is 329 g/mol. The highest BCUT2D eigenvalue weighted by Gasteiger charge is 2.25. The van der Waals surface area contributed by atoms with Crippen LogP contribution in [0.2, 0.25) is 0 Å². The number of nitrogens with one attached hydrogen (secondary N) is 1. The molecule has 1 N–H and O–H groups in total. The van der Waals surface area contributed by atoms with Crippen LogP contribution in [0.5, 0.6) is 0 Å². The Bertz CT molecular complexity index is 691. The van der Waals surface area contributed by atoms with E-state index in [4.69, 9.17) is 0 Å². The molecule has 4 nitrogen and oxygen atoms in total. The van der Waals surface area contributed by atoms with Crippen molar-refractivity contribution in [3.05, 3.63) is 41.8 Å². The van der Waals surface area contributed by atoms with E-state index in [1.807, 2.05) is 24.1 Å². The number of carbonyl (C=O) groups is 1. The van der Waals surface area contributed by atoms with Crippen LogP contribution in [0.3, 0.4) is 0 Å². The minimum absolute atomic E-state index is 0.238. The van der Waals surface area contributed by atoms with Gasteiger partial charge in [0.25, 0.3) is 0 Å². The lowest BCUT2D eigenvalue weighted by atomic mass is 10.1. The van der Waals surface area contributed by atoms with Crippen LogP contribution in [-0.2, 0) is 11.2 Å². The second-order valence-corrected chi connectivity index (χ2v) is 6.63. The summed E-state index contributed by atoms with van der Waals surface area (Å²) in [6.07, 6.45) is 6.16. The Kier molecular flexibility index (Phi) is 5.28. The molecule has 1 aromatic heterocycles. The minimum Gasteiger partial charge on any atom is -0.346 e. The van der Waals surface area contributed by atoms with Crippen molar-refractivity contribution < 1.29 is 9.18 Å². The number of rotatable bonds is 6. The summed E-state index contributed by atoms with van der Waals surface area (Å²) in [6.45, 7) is 0.754. The van der Waals surface area contributed by atoms with Crippen molar-refractivity contribution in [2.75, 3.05) is 13.6 Å². The fourth-order valence-corrected chi connectivity index (χ4v) is 3.39. The molecular weight excluding hydrogens is 305 g/mol. The van der Waals surface area contributed by atoms with Crippen LogP contribution < -0.4 is 0 Å². The predicted octanol–water partition coefficient (Wildman–Crippen LogP) is 3.80. The van der Waals surface area contributed by atoms with Crippen molar-refractivity contribution in [2.24, 2.45) is 5.92 Å². The maximum Gasteiger partial charge on any atom is 0.225 e. The van der Waals surface area contributed by atoms with Crippen molar-refractivity contribution in [3.63, 3.8) is 0 Å². The van der Waals surface area contributed by atoms with Gasteiger partial charge in [0.2, 0.25) is 5.91 Å². The van der Waals surface area contributed by atoms with Gasteiger partial charge < -0.3 is 4.90 Å². The first-order valence-electron chi connectivity index (χ1n) is 8.68. The zero-order chi connectivity index (χ0) is 16.9. The quantitative estimate of drug-likeness (QED) is 0.876. The third-order valence-corrected chi connectivity index (χ3v) is 4.77. The van der Waals surface area contributed by atoms with Gasteiger partial charge in [-0.3, -0.25) is 9.89 Å². The number of H-pyrrole nitrogens is 1.